The molecule has 7 heteroatoms. The van der Waals surface area contributed by atoms with Crippen molar-refractivity contribution in [2.75, 3.05) is 11.9 Å². The zero-order valence-electron chi connectivity index (χ0n) is 15.2. The number of benzene rings is 1. The molecule has 3 rings (SSSR count). The van der Waals surface area contributed by atoms with Gasteiger partial charge in [0.25, 0.3) is 5.91 Å². The van der Waals surface area contributed by atoms with Crippen molar-refractivity contribution in [3.05, 3.63) is 40.9 Å². The number of carboxylic acid groups (broad SMARTS) is 1. The van der Waals surface area contributed by atoms with Crippen LogP contribution in [0.1, 0.15) is 30.6 Å². The van der Waals surface area contributed by atoms with Crippen LogP contribution in [0.5, 0.6) is 0 Å². The number of carbonyl (C=O) groups is 3. The maximum absolute atomic E-state index is 12.7. The molecule has 0 unspecified atom stereocenters. The quantitative estimate of drug-likeness (QED) is 0.650. The number of carboxylic acids is 1. The Bertz CT molecular complexity index is 805. The van der Waals surface area contributed by atoms with Crippen molar-refractivity contribution in [2.24, 2.45) is 29.6 Å². The lowest BCUT2D eigenvalue weighted by Crippen LogP contribution is -2.36. The van der Waals surface area contributed by atoms with Gasteiger partial charge in [0.15, 0.2) is 0 Å². The van der Waals surface area contributed by atoms with Crippen molar-refractivity contribution in [3.8, 4) is 0 Å². The second-order valence-corrected chi connectivity index (χ2v) is 8.03. The normalized spacial score (nSPS) is 25.6. The highest BCUT2D eigenvalue weighted by atomic mass is 35.5. The number of anilines is 1. The van der Waals surface area contributed by atoms with Gasteiger partial charge in [0, 0.05) is 12.2 Å². The van der Waals surface area contributed by atoms with E-state index >= 15 is 0 Å². The first-order valence-corrected chi connectivity index (χ1v) is 9.45. The number of allylic oxidation sites excluding steroid dienone is 2. The Morgan fingerprint density at radius 1 is 1.19 bits per heavy atom. The largest absolute Gasteiger partial charge is 0.481 e. The first-order chi connectivity index (χ1) is 12.8. The van der Waals surface area contributed by atoms with E-state index in [0.717, 1.165) is 0 Å². The minimum absolute atomic E-state index is 0.0485. The predicted octanol–water partition coefficient (Wildman–Crippen LogP) is 3.19. The Morgan fingerprint density at radius 2 is 1.85 bits per heavy atom. The first kappa shape index (κ1) is 19.4. The van der Waals surface area contributed by atoms with Crippen molar-refractivity contribution in [3.63, 3.8) is 0 Å². The van der Waals surface area contributed by atoms with Crippen LogP contribution >= 0.6 is 11.6 Å². The Morgan fingerprint density at radius 3 is 2.44 bits per heavy atom. The van der Waals surface area contributed by atoms with Crippen LogP contribution < -0.4 is 10.6 Å². The summed E-state index contributed by atoms with van der Waals surface area (Å²) < 4.78 is 0. The molecular formula is C20H23ClN2O4. The maximum Gasteiger partial charge on any atom is 0.307 e. The number of fused-ring (bicyclic) bond motifs is 2. The van der Waals surface area contributed by atoms with Gasteiger partial charge in [-0.25, -0.2) is 0 Å². The molecule has 0 radical (unpaired) electrons. The predicted molar refractivity (Wildman–Crippen MR) is 103 cm³/mol. The van der Waals surface area contributed by atoms with Gasteiger partial charge in [-0.2, -0.15) is 0 Å². The van der Waals surface area contributed by atoms with Crippen LogP contribution in [0, 0.1) is 29.6 Å². The minimum atomic E-state index is -0.942. The molecule has 0 saturated heterocycles. The smallest absolute Gasteiger partial charge is 0.307 e. The third kappa shape index (κ3) is 4.00. The van der Waals surface area contributed by atoms with Crippen LogP contribution in [0.3, 0.4) is 0 Å². The topological polar surface area (TPSA) is 95.5 Å². The lowest BCUT2D eigenvalue weighted by atomic mass is 9.82. The molecule has 1 aromatic carbocycles. The number of carbonyl (C=O) groups excluding carboxylic acids is 2. The molecule has 1 saturated carbocycles. The molecular weight excluding hydrogens is 368 g/mol. The van der Waals surface area contributed by atoms with E-state index in [0.29, 0.717) is 30.1 Å². The zero-order valence-corrected chi connectivity index (χ0v) is 16.0. The molecule has 2 aliphatic rings. The van der Waals surface area contributed by atoms with Crippen molar-refractivity contribution >= 4 is 35.1 Å². The molecule has 2 amide bonds. The summed E-state index contributed by atoms with van der Waals surface area (Å²) in [5, 5.41) is 15.3. The monoisotopic (exact) mass is 390 g/mol. The molecule has 1 fully saturated rings. The van der Waals surface area contributed by atoms with E-state index in [4.69, 9.17) is 11.6 Å². The van der Waals surface area contributed by atoms with Gasteiger partial charge in [-0.05, 0) is 42.4 Å². The van der Waals surface area contributed by atoms with E-state index in [1.165, 1.54) is 6.07 Å². The molecule has 0 aliphatic heterocycles. The van der Waals surface area contributed by atoms with Gasteiger partial charge in [0.1, 0.15) is 0 Å². The van der Waals surface area contributed by atoms with Gasteiger partial charge >= 0.3 is 5.97 Å². The molecule has 27 heavy (non-hydrogen) atoms. The molecule has 3 N–H and O–H groups in total. The highest BCUT2D eigenvalue weighted by Crippen LogP contribution is 2.48. The van der Waals surface area contributed by atoms with Crippen LogP contribution in [-0.2, 0) is 9.59 Å². The molecule has 6 nitrogen and oxygen atoms in total. The Balaban J connectivity index is 1.70. The van der Waals surface area contributed by atoms with Gasteiger partial charge in [-0.15, -0.1) is 0 Å². The molecule has 2 bridgehead atoms. The third-order valence-electron chi connectivity index (χ3n) is 5.20. The molecule has 4 atom stereocenters. The van der Waals surface area contributed by atoms with Gasteiger partial charge in [0.2, 0.25) is 5.91 Å². The van der Waals surface area contributed by atoms with Crippen molar-refractivity contribution in [1.82, 2.24) is 5.32 Å². The van der Waals surface area contributed by atoms with Crippen molar-refractivity contribution in [2.45, 2.75) is 20.3 Å². The van der Waals surface area contributed by atoms with E-state index in [1.807, 2.05) is 26.0 Å². The van der Waals surface area contributed by atoms with Crippen LogP contribution in [0.15, 0.2) is 30.4 Å². The van der Waals surface area contributed by atoms with Crippen LogP contribution in [0.25, 0.3) is 0 Å². The minimum Gasteiger partial charge on any atom is -0.481 e. The van der Waals surface area contributed by atoms with Crippen molar-refractivity contribution < 1.29 is 19.5 Å². The second-order valence-electron chi connectivity index (χ2n) is 7.63. The summed E-state index contributed by atoms with van der Waals surface area (Å²) in [6, 6.07) is 4.68. The molecule has 1 aromatic rings. The van der Waals surface area contributed by atoms with E-state index in [9.17, 15) is 19.5 Å². The number of nitrogens with one attached hydrogen (secondary N) is 2. The number of rotatable bonds is 6. The SMILES string of the molecule is CC(C)CNC(=O)c1ccc(NC(=O)[C@H]2[C@H](C(=O)O)[C@H]3C=C[C@H]2C3)cc1Cl. The number of amides is 2. The molecule has 0 aromatic heterocycles. The Hall–Kier alpha value is -2.34. The van der Waals surface area contributed by atoms with Gasteiger partial charge in [-0.1, -0.05) is 37.6 Å². The fourth-order valence-electron chi connectivity index (χ4n) is 3.91. The number of halogens is 1. The van der Waals surface area contributed by atoms with Gasteiger partial charge in [0.05, 0.1) is 22.4 Å². The Kier molecular flexibility index (Phi) is 5.56. The first-order valence-electron chi connectivity index (χ1n) is 9.07. The van der Waals surface area contributed by atoms with Crippen molar-refractivity contribution in [1.29, 1.82) is 0 Å². The zero-order chi connectivity index (χ0) is 19.7. The van der Waals surface area contributed by atoms with E-state index in [1.54, 1.807) is 12.1 Å². The molecule has 0 heterocycles. The van der Waals surface area contributed by atoms with Crippen LogP contribution in [0.4, 0.5) is 5.69 Å². The van der Waals surface area contributed by atoms with Gasteiger partial charge < -0.3 is 15.7 Å². The van der Waals surface area contributed by atoms with E-state index < -0.39 is 17.8 Å². The number of hydrogen-bond donors (Lipinski definition) is 3. The average molecular weight is 391 g/mol. The molecule has 144 valence electrons. The van der Waals surface area contributed by atoms with Gasteiger partial charge in [-0.3, -0.25) is 14.4 Å². The standard InChI is InChI=1S/C20H23ClN2O4/c1-10(2)9-22-18(24)14-6-5-13(8-15(14)21)23-19(25)16-11-3-4-12(7-11)17(16)20(26)27/h3-6,8,10-12,16-17H,7,9H2,1-2H3,(H,22,24)(H,23,25)(H,26,27)/t11-,12-,16+,17+/m0/s1. The summed E-state index contributed by atoms with van der Waals surface area (Å²) in [5.41, 5.74) is 0.780. The lowest BCUT2D eigenvalue weighted by Gasteiger charge is -2.24. The summed E-state index contributed by atoms with van der Waals surface area (Å²) in [7, 11) is 0. The van der Waals surface area contributed by atoms with Crippen LogP contribution in [-0.4, -0.2) is 29.4 Å². The number of aliphatic carboxylic acids is 1. The molecule has 2 aliphatic carbocycles. The fourth-order valence-corrected chi connectivity index (χ4v) is 4.18. The van der Waals surface area contributed by atoms with E-state index in [2.05, 4.69) is 10.6 Å². The molecule has 0 spiro atoms. The van der Waals surface area contributed by atoms with E-state index in [-0.39, 0.29) is 28.7 Å². The average Bonchev–Trinajstić information content (AvgIpc) is 3.20. The number of hydrogen-bond acceptors (Lipinski definition) is 3. The second kappa shape index (κ2) is 7.72. The summed E-state index contributed by atoms with van der Waals surface area (Å²) in [6.45, 7) is 4.54. The van der Waals surface area contributed by atoms with Crippen LogP contribution in [0.2, 0.25) is 5.02 Å². The summed E-state index contributed by atoms with van der Waals surface area (Å²) >= 11 is 6.21. The highest BCUT2D eigenvalue weighted by Gasteiger charge is 2.51. The summed E-state index contributed by atoms with van der Waals surface area (Å²) in [4.78, 5) is 36.4. The summed E-state index contributed by atoms with van der Waals surface area (Å²) in [5.74, 6) is -2.64. The fraction of sp³-hybridized carbons (Fsp3) is 0.450. The lowest BCUT2D eigenvalue weighted by molar-refractivity contribution is -0.146. The Labute approximate surface area is 163 Å². The maximum atomic E-state index is 12.7. The third-order valence-corrected chi connectivity index (χ3v) is 5.51. The summed E-state index contributed by atoms with van der Waals surface area (Å²) in [6.07, 6.45) is 4.53. The highest BCUT2D eigenvalue weighted by molar-refractivity contribution is 6.34.